The van der Waals surface area contributed by atoms with Gasteiger partial charge in [-0.1, -0.05) is 29.8 Å². The second kappa shape index (κ2) is 9.19. The molecular formula is C21H19NO4. The molecular weight excluding hydrogens is 330 g/mol. The summed E-state index contributed by atoms with van der Waals surface area (Å²) >= 11 is 0. The SMILES string of the molecule is Cc1ccc(C)c(C(=O)COC(=O)/C=C/c2ccc(OCC#N)cc2)c1. The molecule has 0 radical (unpaired) electrons. The summed E-state index contributed by atoms with van der Waals surface area (Å²) in [5, 5.41) is 8.46. The summed E-state index contributed by atoms with van der Waals surface area (Å²) in [6.07, 6.45) is 2.85. The molecule has 0 fully saturated rings. The van der Waals surface area contributed by atoms with Crippen molar-refractivity contribution in [3.05, 3.63) is 70.8 Å². The average Bonchev–Trinajstić information content (AvgIpc) is 2.65. The summed E-state index contributed by atoms with van der Waals surface area (Å²) in [6.45, 7) is 3.43. The van der Waals surface area contributed by atoms with Crippen molar-refractivity contribution >= 4 is 17.8 Å². The van der Waals surface area contributed by atoms with Crippen LogP contribution in [0.15, 0.2) is 48.5 Å². The molecule has 0 amide bonds. The Morgan fingerprint density at radius 1 is 1.12 bits per heavy atom. The third kappa shape index (κ3) is 5.60. The minimum absolute atomic E-state index is 0.0179. The molecule has 0 aliphatic heterocycles. The minimum Gasteiger partial charge on any atom is -0.479 e. The molecule has 5 nitrogen and oxygen atoms in total. The van der Waals surface area contributed by atoms with E-state index in [9.17, 15) is 9.59 Å². The molecule has 0 N–H and O–H groups in total. The van der Waals surface area contributed by atoms with Gasteiger partial charge >= 0.3 is 5.97 Å². The van der Waals surface area contributed by atoms with Gasteiger partial charge in [0.15, 0.2) is 13.2 Å². The molecule has 0 saturated heterocycles. The van der Waals surface area contributed by atoms with E-state index in [1.165, 1.54) is 6.08 Å². The molecule has 0 spiro atoms. The summed E-state index contributed by atoms with van der Waals surface area (Å²) in [5.41, 5.74) is 3.17. The first-order chi connectivity index (χ1) is 12.5. The Morgan fingerprint density at radius 3 is 2.54 bits per heavy atom. The Kier molecular flexibility index (Phi) is 6.69. The zero-order valence-electron chi connectivity index (χ0n) is 14.7. The molecule has 0 saturated carbocycles. The number of benzene rings is 2. The summed E-state index contributed by atoms with van der Waals surface area (Å²) in [7, 11) is 0. The maximum atomic E-state index is 12.2. The van der Waals surface area contributed by atoms with Crippen LogP contribution in [0.4, 0.5) is 0 Å². The van der Waals surface area contributed by atoms with E-state index in [4.69, 9.17) is 14.7 Å². The number of hydrogen-bond acceptors (Lipinski definition) is 5. The monoisotopic (exact) mass is 349 g/mol. The van der Waals surface area contributed by atoms with Crippen molar-refractivity contribution in [1.82, 2.24) is 0 Å². The molecule has 2 aromatic carbocycles. The van der Waals surface area contributed by atoms with Crippen LogP contribution in [0.2, 0.25) is 0 Å². The van der Waals surface area contributed by atoms with E-state index < -0.39 is 5.97 Å². The Bertz CT molecular complexity index is 861. The van der Waals surface area contributed by atoms with Gasteiger partial charge in [0.05, 0.1) is 0 Å². The van der Waals surface area contributed by atoms with Crippen molar-refractivity contribution in [2.45, 2.75) is 13.8 Å². The van der Waals surface area contributed by atoms with Crippen LogP contribution in [0, 0.1) is 25.2 Å². The lowest BCUT2D eigenvalue weighted by Gasteiger charge is -2.06. The molecule has 5 heteroatoms. The van der Waals surface area contributed by atoms with Gasteiger partial charge in [-0.05, 0) is 49.2 Å². The standard InChI is InChI=1S/C21H19NO4/c1-15-3-4-16(2)19(13-15)20(23)14-26-21(24)10-7-17-5-8-18(9-6-17)25-12-11-22/h3-10,13H,12,14H2,1-2H3/b10-7+. The summed E-state index contributed by atoms with van der Waals surface area (Å²) in [5.74, 6) is -0.245. The zero-order valence-corrected chi connectivity index (χ0v) is 14.7. The molecule has 2 aromatic rings. The lowest BCUT2D eigenvalue weighted by molar-refractivity contribution is -0.136. The normalized spacial score (nSPS) is 10.3. The third-order valence-electron chi connectivity index (χ3n) is 3.63. The van der Waals surface area contributed by atoms with E-state index in [2.05, 4.69) is 0 Å². The highest BCUT2D eigenvalue weighted by Gasteiger charge is 2.11. The number of ketones is 1. The van der Waals surface area contributed by atoms with Gasteiger partial charge in [0.25, 0.3) is 0 Å². The van der Waals surface area contributed by atoms with Crippen molar-refractivity contribution in [1.29, 1.82) is 5.26 Å². The number of hydrogen-bond donors (Lipinski definition) is 0. The average molecular weight is 349 g/mol. The summed E-state index contributed by atoms with van der Waals surface area (Å²) in [4.78, 5) is 24.0. The van der Waals surface area contributed by atoms with Gasteiger partial charge in [-0.2, -0.15) is 5.26 Å². The molecule has 0 aliphatic rings. The van der Waals surface area contributed by atoms with E-state index in [1.54, 1.807) is 36.4 Å². The van der Waals surface area contributed by atoms with Crippen LogP contribution in [0.1, 0.15) is 27.0 Å². The van der Waals surface area contributed by atoms with E-state index in [-0.39, 0.29) is 19.0 Å². The van der Waals surface area contributed by atoms with Crippen molar-refractivity contribution < 1.29 is 19.1 Å². The van der Waals surface area contributed by atoms with Crippen molar-refractivity contribution in [3.63, 3.8) is 0 Å². The number of ether oxygens (including phenoxy) is 2. The van der Waals surface area contributed by atoms with Crippen molar-refractivity contribution in [3.8, 4) is 11.8 Å². The quantitative estimate of drug-likeness (QED) is 0.433. The largest absolute Gasteiger partial charge is 0.479 e. The molecule has 132 valence electrons. The molecule has 26 heavy (non-hydrogen) atoms. The molecule has 0 heterocycles. The Balaban J connectivity index is 1.88. The van der Waals surface area contributed by atoms with E-state index in [1.807, 2.05) is 32.0 Å². The van der Waals surface area contributed by atoms with Crippen LogP contribution in [0.25, 0.3) is 6.08 Å². The first kappa shape index (κ1) is 18.9. The van der Waals surface area contributed by atoms with Crippen molar-refractivity contribution in [2.24, 2.45) is 0 Å². The van der Waals surface area contributed by atoms with Crippen LogP contribution in [-0.2, 0) is 9.53 Å². The lowest BCUT2D eigenvalue weighted by atomic mass is 10.0. The van der Waals surface area contributed by atoms with Gasteiger partial charge in [0, 0.05) is 11.6 Å². The van der Waals surface area contributed by atoms with E-state index >= 15 is 0 Å². The van der Waals surface area contributed by atoms with Gasteiger partial charge in [0.2, 0.25) is 5.78 Å². The number of Topliss-reactive ketones (excluding diaryl/α,β-unsaturated/α-hetero) is 1. The fourth-order valence-electron chi connectivity index (χ4n) is 2.25. The van der Waals surface area contributed by atoms with Crippen molar-refractivity contribution in [2.75, 3.05) is 13.2 Å². The maximum Gasteiger partial charge on any atom is 0.331 e. The summed E-state index contributed by atoms with van der Waals surface area (Å²) in [6, 6.07) is 14.4. The second-order valence-electron chi connectivity index (χ2n) is 5.70. The van der Waals surface area contributed by atoms with Crippen LogP contribution >= 0.6 is 0 Å². The third-order valence-corrected chi connectivity index (χ3v) is 3.63. The lowest BCUT2D eigenvalue weighted by Crippen LogP contribution is -2.13. The number of esters is 1. The highest BCUT2D eigenvalue weighted by Crippen LogP contribution is 2.14. The minimum atomic E-state index is -0.589. The van der Waals surface area contributed by atoms with Crippen LogP contribution in [0.5, 0.6) is 5.75 Å². The molecule has 0 atom stereocenters. The predicted molar refractivity (Wildman–Crippen MR) is 97.8 cm³/mol. The Morgan fingerprint density at radius 2 is 1.85 bits per heavy atom. The van der Waals surface area contributed by atoms with Gasteiger partial charge < -0.3 is 9.47 Å². The zero-order chi connectivity index (χ0) is 18.9. The number of nitriles is 1. The maximum absolute atomic E-state index is 12.2. The van der Waals surface area contributed by atoms with Gasteiger partial charge in [-0.3, -0.25) is 4.79 Å². The first-order valence-electron chi connectivity index (χ1n) is 8.04. The van der Waals surface area contributed by atoms with E-state index in [0.29, 0.717) is 11.3 Å². The highest BCUT2D eigenvalue weighted by molar-refractivity contribution is 6.00. The van der Waals surface area contributed by atoms with Crippen LogP contribution < -0.4 is 4.74 Å². The predicted octanol–water partition coefficient (Wildman–Crippen LogP) is 3.65. The first-order valence-corrected chi connectivity index (χ1v) is 8.04. The smallest absolute Gasteiger partial charge is 0.331 e. The molecule has 0 bridgehead atoms. The fourth-order valence-corrected chi connectivity index (χ4v) is 2.25. The summed E-state index contributed by atoms with van der Waals surface area (Å²) < 4.78 is 10.2. The Labute approximate surface area is 152 Å². The number of carbonyl (C=O) groups excluding carboxylic acids is 2. The number of carbonyl (C=O) groups is 2. The highest BCUT2D eigenvalue weighted by atomic mass is 16.5. The van der Waals surface area contributed by atoms with E-state index in [0.717, 1.165) is 16.7 Å². The molecule has 0 unspecified atom stereocenters. The number of rotatable bonds is 7. The number of aryl methyl sites for hydroxylation is 2. The topological polar surface area (TPSA) is 76.4 Å². The second-order valence-corrected chi connectivity index (χ2v) is 5.70. The number of nitrogens with zero attached hydrogens (tertiary/aromatic N) is 1. The van der Waals surface area contributed by atoms with Gasteiger partial charge in [-0.15, -0.1) is 0 Å². The van der Waals surface area contributed by atoms with Crippen LogP contribution in [0.3, 0.4) is 0 Å². The van der Waals surface area contributed by atoms with Gasteiger partial charge in [0.1, 0.15) is 11.8 Å². The Hall–Kier alpha value is -3.39. The molecule has 0 aromatic heterocycles. The fraction of sp³-hybridized carbons (Fsp3) is 0.190. The molecule has 0 aliphatic carbocycles. The van der Waals surface area contributed by atoms with Gasteiger partial charge in [-0.25, -0.2) is 4.79 Å². The molecule has 2 rings (SSSR count). The van der Waals surface area contributed by atoms with Crippen LogP contribution in [-0.4, -0.2) is 25.0 Å².